The SMILES string of the molecule is NCCOC1CCN(C(=O)C2CCCO2)CC1. The van der Waals surface area contributed by atoms with Crippen LogP contribution < -0.4 is 5.73 Å². The monoisotopic (exact) mass is 242 g/mol. The first-order chi connectivity index (χ1) is 8.31. The molecule has 5 nitrogen and oxygen atoms in total. The van der Waals surface area contributed by atoms with Crippen LogP contribution in [0.25, 0.3) is 0 Å². The van der Waals surface area contributed by atoms with Crippen LogP contribution in [-0.2, 0) is 14.3 Å². The largest absolute Gasteiger partial charge is 0.377 e. The third-order valence-electron chi connectivity index (χ3n) is 3.43. The molecule has 2 fully saturated rings. The zero-order chi connectivity index (χ0) is 12.1. The molecule has 0 aliphatic carbocycles. The fourth-order valence-corrected chi connectivity index (χ4v) is 2.45. The Balaban J connectivity index is 1.72. The first-order valence-electron chi connectivity index (χ1n) is 6.53. The Morgan fingerprint density at radius 2 is 2.12 bits per heavy atom. The molecule has 0 aromatic heterocycles. The van der Waals surface area contributed by atoms with Gasteiger partial charge in [0.15, 0.2) is 0 Å². The van der Waals surface area contributed by atoms with E-state index in [1.165, 1.54) is 0 Å². The second-order valence-corrected chi connectivity index (χ2v) is 4.69. The maximum atomic E-state index is 12.1. The predicted octanol–water partition coefficient (Wildman–Crippen LogP) is 0.132. The van der Waals surface area contributed by atoms with Crippen molar-refractivity contribution < 1.29 is 14.3 Å². The summed E-state index contributed by atoms with van der Waals surface area (Å²) in [6.07, 6.45) is 3.80. The Bertz CT molecular complexity index is 246. The lowest BCUT2D eigenvalue weighted by molar-refractivity contribution is -0.143. The molecule has 2 rings (SSSR count). The van der Waals surface area contributed by atoms with Gasteiger partial charge < -0.3 is 20.1 Å². The van der Waals surface area contributed by atoms with Gasteiger partial charge in [-0.25, -0.2) is 0 Å². The van der Waals surface area contributed by atoms with Crippen LogP contribution in [0.5, 0.6) is 0 Å². The van der Waals surface area contributed by atoms with E-state index in [0.29, 0.717) is 13.2 Å². The van der Waals surface area contributed by atoms with E-state index in [4.69, 9.17) is 15.2 Å². The second-order valence-electron chi connectivity index (χ2n) is 4.69. The van der Waals surface area contributed by atoms with Crippen molar-refractivity contribution in [1.29, 1.82) is 0 Å². The van der Waals surface area contributed by atoms with Crippen molar-refractivity contribution >= 4 is 5.91 Å². The molecule has 0 spiro atoms. The van der Waals surface area contributed by atoms with Gasteiger partial charge in [0.05, 0.1) is 12.7 Å². The average Bonchev–Trinajstić information content (AvgIpc) is 2.90. The van der Waals surface area contributed by atoms with Crippen LogP contribution >= 0.6 is 0 Å². The first kappa shape index (κ1) is 12.8. The molecule has 1 amide bonds. The van der Waals surface area contributed by atoms with Gasteiger partial charge in [0.1, 0.15) is 6.10 Å². The fourth-order valence-electron chi connectivity index (χ4n) is 2.45. The van der Waals surface area contributed by atoms with Crippen molar-refractivity contribution in [2.75, 3.05) is 32.8 Å². The topological polar surface area (TPSA) is 64.8 Å². The van der Waals surface area contributed by atoms with E-state index in [0.717, 1.165) is 45.4 Å². The fraction of sp³-hybridized carbons (Fsp3) is 0.917. The first-order valence-corrected chi connectivity index (χ1v) is 6.53. The van der Waals surface area contributed by atoms with Gasteiger partial charge in [-0.3, -0.25) is 4.79 Å². The summed E-state index contributed by atoms with van der Waals surface area (Å²) in [6, 6.07) is 0. The van der Waals surface area contributed by atoms with Gasteiger partial charge in [-0.15, -0.1) is 0 Å². The van der Waals surface area contributed by atoms with E-state index in [1.807, 2.05) is 4.90 Å². The lowest BCUT2D eigenvalue weighted by Crippen LogP contribution is -2.45. The van der Waals surface area contributed by atoms with Crippen molar-refractivity contribution in [3.63, 3.8) is 0 Å². The zero-order valence-electron chi connectivity index (χ0n) is 10.3. The molecule has 0 bridgehead atoms. The van der Waals surface area contributed by atoms with Gasteiger partial charge >= 0.3 is 0 Å². The summed E-state index contributed by atoms with van der Waals surface area (Å²) in [4.78, 5) is 14.0. The molecule has 2 heterocycles. The van der Waals surface area contributed by atoms with Crippen molar-refractivity contribution in [2.45, 2.75) is 37.9 Å². The van der Waals surface area contributed by atoms with Gasteiger partial charge in [-0.2, -0.15) is 0 Å². The van der Waals surface area contributed by atoms with Crippen molar-refractivity contribution in [2.24, 2.45) is 5.73 Å². The van der Waals surface area contributed by atoms with Gasteiger partial charge in [-0.05, 0) is 25.7 Å². The van der Waals surface area contributed by atoms with Crippen LogP contribution in [-0.4, -0.2) is 55.9 Å². The van der Waals surface area contributed by atoms with Gasteiger partial charge in [0, 0.05) is 26.2 Å². The molecule has 5 heteroatoms. The molecule has 17 heavy (non-hydrogen) atoms. The highest BCUT2D eigenvalue weighted by atomic mass is 16.5. The minimum absolute atomic E-state index is 0.166. The number of ether oxygens (including phenoxy) is 2. The van der Waals surface area contributed by atoms with Crippen LogP contribution in [0.15, 0.2) is 0 Å². The van der Waals surface area contributed by atoms with Gasteiger partial charge in [0.2, 0.25) is 0 Å². The number of rotatable bonds is 4. The highest BCUT2D eigenvalue weighted by molar-refractivity contribution is 5.81. The van der Waals surface area contributed by atoms with E-state index < -0.39 is 0 Å². The molecule has 2 aliphatic rings. The molecule has 2 saturated heterocycles. The third-order valence-corrected chi connectivity index (χ3v) is 3.43. The maximum Gasteiger partial charge on any atom is 0.251 e. The Labute approximate surface area is 102 Å². The number of nitrogens with zero attached hydrogens (tertiary/aromatic N) is 1. The van der Waals surface area contributed by atoms with E-state index in [9.17, 15) is 4.79 Å². The Morgan fingerprint density at radius 1 is 1.35 bits per heavy atom. The molecule has 0 saturated carbocycles. The van der Waals surface area contributed by atoms with Crippen molar-refractivity contribution in [3.8, 4) is 0 Å². The minimum atomic E-state index is -0.184. The highest BCUT2D eigenvalue weighted by Gasteiger charge is 2.30. The minimum Gasteiger partial charge on any atom is -0.377 e. The van der Waals surface area contributed by atoms with Crippen LogP contribution in [0.2, 0.25) is 0 Å². The molecular formula is C12H22N2O3. The lowest BCUT2D eigenvalue weighted by atomic mass is 10.1. The summed E-state index contributed by atoms with van der Waals surface area (Å²) in [6.45, 7) is 3.48. The van der Waals surface area contributed by atoms with Gasteiger partial charge in [-0.1, -0.05) is 0 Å². The molecule has 2 N–H and O–H groups in total. The zero-order valence-corrected chi connectivity index (χ0v) is 10.3. The molecular weight excluding hydrogens is 220 g/mol. The lowest BCUT2D eigenvalue weighted by Gasteiger charge is -2.33. The molecule has 1 unspecified atom stereocenters. The Hall–Kier alpha value is -0.650. The maximum absolute atomic E-state index is 12.1. The smallest absolute Gasteiger partial charge is 0.251 e. The number of nitrogens with two attached hydrogens (primary N) is 1. The summed E-state index contributed by atoms with van der Waals surface area (Å²) in [5, 5.41) is 0. The van der Waals surface area contributed by atoms with Crippen LogP contribution in [0, 0.1) is 0 Å². The standard InChI is InChI=1S/C12H22N2O3/c13-5-9-16-10-3-6-14(7-4-10)12(15)11-2-1-8-17-11/h10-11H,1-9,13H2. The van der Waals surface area contributed by atoms with E-state index in [-0.39, 0.29) is 18.1 Å². The molecule has 2 aliphatic heterocycles. The Kier molecular flexibility index (Phi) is 4.76. The van der Waals surface area contributed by atoms with Crippen LogP contribution in [0.3, 0.4) is 0 Å². The number of hydrogen-bond donors (Lipinski definition) is 1. The number of amides is 1. The predicted molar refractivity (Wildman–Crippen MR) is 63.6 cm³/mol. The molecule has 0 aromatic carbocycles. The molecule has 0 aromatic rings. The number of carbonyl (C=O) groups excluding carboxylic acids is 1. The second kappa shape index (κ2) is 6.33. The van der Waals surface area contributed by atoms with E-state index >= 15 is 0 Å². The number of carbonyl (C=O) groups is 1. The summed E-state index contributed by atoms with van der Waals surface area (Å²) < 4.78 is 11.0. The van der Waals surface area contributed by atoms with Crippen LogP contribution in [0.1, 0.15) is 25.7 Å². The summed E-state index contributed by atoms with van der Waals surface area (Å²) in [5.41, 5.74) is 5.40. The molecule has 0 radical (unpaired) electrons. The highest BCUT2D eigenvalue weighted by Crippen LogP contribution is 2.19. The Morgan fingerprint density at radius 3 is 2.71 bits per heavy atom. The molecule has 98 valence electrons. The summed E-state index contributed by atoms with van der Waals surface area (Å²) in [7, 11) is 0. The average molecular weight is 242 g/mol. The molecule has 1 atom stereocenters. The quantitative estimate of drug-likeness (QED) is 0.761. The summed E-state index contributed by atoms with van der Waals surface area (Å²) in [5.74, 6) is 0.166. The van der Waals surface area contributed by atoms with Gasteiger partial charge in [0.25, 0.3) is 5.91 Å². The number of piperidine rings is 1. The normalized spacial score (nSPS) is 26.4. The number of likely N-dealkylation sites (tertiary alicyclic amines) is 1. The van der Waals surface area contributed by atoms with E-state index in [2.05, 4.69) is 0 Å². The van der Waals surface area contributed by atoms with Crippen molar-refractivity contribution in [3.05, 3.63) is 0 Å². The van der Waals surface area contributed by atoms with E-state index in [1.54, 1.807) is 0 Å². The van der Waals surface area contributed by atoms with Crippen LogP contribution in [0.4, 0.5) is 0 Å². The number of hydrogen-bond acceptors (Lipinski definition) is 4. The third kappa shape index (κ3) is 3.40. The summed E-state index contributed by atoms with van der Waals surface area (Å²) >= 11 is 0. The van der Waals surface area contributed by atoms with Crippen molar-refractivity contribution in [1.82, 2.24) is 4.90 Å².